The third-order valence-electron chi connectivity index (χ3n) is 3.68. The minimum absolute atomic E-state index is 0.0513. The normalized spacial score (nSPS) is 23.0. The van der Waals surface area contributed by atoms with Gasteiger partial charge < -0.3 is 11.1 Å². The lowest BCUT2D eigenvalue weighted by atomic mass is 9.95. The van der Waals surface area contributed by atoms with Gasteiger partial charge in [-0.2, -0.15) is 0 Å². The van der Waals surface area contributed by atoms with Gasteiger partial charge in [-0.25, -0.2) is 4.39 Å². The van der Waals surface area contributed by atoms with E-state index in [1.807, 2.05) is 0 Å². The van der Waals surface area contributed by atoms with Crippen LogP contribution in [0.25, 0.3) is 0 Å². The Labute approximate surface area is 107 Å². The lowest BCUT2D eigenvalue weighted by Gasteiger charge is -2.17. The average molecular weight is 250 g/mol. The first kappa shape index (κ1) is 13.0. The number of benzene rings is 1. The molecule has 3 N–H and O–H groups in total. The molecule has 98 valence electrons. The molecule has 1 aliphatic rings. The molecule has 3 nitrogen and oxygen atoms in total. The third kappa shape index (κ3) is 3.07. The van der Waals surface area contributed by atoms with Crippen LogP contribution in [0.4, 0.5) is 4.39 Å². The number of nitrogens with two attached hydrogens (primary N) is 1. The summed E-state index contributed by atoms with van der Waals surface area (Å²) in [6, 6.07) is 6.18. The van der Waals surface area contributed by atoms with Crippen molar-refractivity contribution in [1.82, 2.24) is 5.32 Å². The highest BCUT2D eigenvalue weighted by Gasteiger charge is 2.31. The second-order valence-corrected chi connectivity index (χ2v) is 4.88. The Morgan fingerprint density at radius 3 is 2.72 bits per heavy atom. The second-order valence-electron chi connectivity index (χ2n) is 4.88. The smallest absolute Gasteiger partial charge is 0.223 e. The molecule has 1 aromatic carbocycles. The van der Waals surface area contributed by atoms with E-state index in [1.165, 1.54) is 12.1 Å². The summed E-state index contributed by atoms with van der Waals surface area (Å²) >= 11 is 0. The summed E-state index contributed by atoms with van der Waals surface area (Å²) < 4.78 is 12.7. The predicted octanol–water partition coefficient (Wildman–Crippen LogP) is 1.82. The number of amides is 1. The summed E-state index contributed by atoms with van der Waals surface area (Å²) in [6.07, 6.45) is 3.05. The van der Waals surface area contributed by atoms with Crippen LogP contribution >= 0.6 is 0 Å². The van der Waals surface area contributed by atoms with Crippen LogP contribution in [0, 0.1) is 17.7 Å². The Hall–Kier alpha value is -1.42. The Balaban J connectivity index is 1.86. The summed E-state index contributed by atoms with van der Waals surface area (Å²) in [5.41, 5.74) is 6.57. The van der Waals surface area contributed by atoms with Crippen molar-refractivity contribution in [3.8, 4) is 0 Å². The molecule has 0 aromatic heterocycles. The fourth-order valence-electron chi connectivity index (χ4n) is 2.59. The minimum atomic E-state index is -0.260. The zero-order valence-corrected chi connectivity index (χ0v) is 10.4. The van der Waals surface area contributed by atoms with Crippen LogP contribution in [0.3, 0.4) is 0 Å². The van der Waals surface area contributed by atoms with Gasteiger partial charge in [-0.1, -0.05) is 18.6 Å². The average Bonchev–Trinajstić information content (AvgIpc) is 2.86. The van der Waals surface area contributed by atoms with Crippen LogP contribution in [-0.4, -0.2) is 12.5 Å². The van der Waals surface area contributed by atoms with Crippen LogP contribution in [0.15, 0.2) is 24.3 Å². The zero-order valence-electron chi connectivity index (χ0n) is 10.4. The monoisotopic (exact) mass is 250 g/mol. The summed E-state index contributed by atoms with van der Waals surface area (Å²) in [7, 11) is 0. The highest BCUT2D eigenvalue weighted by atomic mass is 19.1. The number of carbonyl (C=O) groups excluding carboxylic acids is 1. The van der Waals surface area contributed by atoms with Gasteiger partial charge >= 0.3 is 0 Å². The maximum Gasteiger partial charge on any atom is 0.223 e. The molecular weight excluding hydrogens is 231 g/mol. The Morgan fingerprint density at radius 1 is 1.33 bits per heavy atom. The van der Waals surface area contributed by atoms with Crippen molar-refractivity contribution >= 4 is 5.91 Å². The first-order valence-electron chi connectivity index (χ1n) is 6.43. The molecule has 2 rings (SSSR count). The number of hydrogen-bond acceptors (Lipinski definition) is 2. The topological polar surface area (TPSA) is 55.1 Å². The maximum atomic E-state index is 12.7. The van der Waals surface area contributed by atoms with Gasteiger partial charge in [-0.3, -0.25) is 4.79 Å². The standard InChI is InChI=1S/C14H19FN2O/c15-12-6-4-10(5-7-12)9-17-14(18)13-3-1-2-11(13)8-16/h4-7,11,13H,1-3,8-9,16H2,(H,17,18)/t11-,13-/m1/s1. The van der Waals surface area contributed by atoms with Crippen molar-refractivity contribution in [1.29, 1.82) is 0 Å². The predicted molar refractivity (Wildman–Crippen MR) is 68.1 cm³/mol. The SMILES string of the molecule is NC[C@H]1CCC[C@H]1C(=O)NCc1ccc(F)cc1. The van der Waals surface area contributed by atoms with Crippen molar-refractivity contribution < 1.29 is 9.18 Å². The zero-order chi connectivity index (χ0) is 13.0. The lowest BCUT2D eigenvalue weighted by Crippen LogP contribution is -2.34. The summed E-state index contributed by atoms with van der Waals surface area (Å²) in [5.74, 6) is 0.185. The first-order valence-corrected chi connectivity index (χ1v) is 6.43. The van der Waals surface area contributed by atoms with Gasteiger partial charge in [0.2, 0.25) is 5.91 Å². The van der Waals surface area contributed by atoms with Crippen molar-refractivity contribution in [2.75, 3.05) is 6.54 Å². The molecule has 1 saturated carbocycles. The van der Waals surface area contributed by atoms with Gasteiger partial charge in [0, 0.05) is 12.5 Å². The van der Waals surface area contributed by atoms with Crippen molar-refractivity contribution in [3.05, 3.63) is 35.6 Å². The second kappa shape index (κ2) is 5.96. The molecular formula is C14H19FN2O. The number of hydrogen-bond donors (Lipinski definition) is 2. The Bertz CT molecular complexity index is 405. The third-order valence-corrected chi connectivity index (χ3v) is 3.68. The lowest BCUT2D eigenvalue weighted by molar-refractivity contribution is -0.126. The first-order chi connectivity index (χ1) is 8.70. The van der Waals surface area contributed by atoms with E-state index in [2.05, 4.69) is 5.32 Å². The van der Waals surface area contributed by atoms with E-state index >= 15 is 0 Å². The molecule has 1 aromatic rings. The molecule has 0 radical (unpaired) electrons. The van der Waals surface area contributed by atoms with E-state index in [9.17, 15) is 9.18 Å². The molecule has 1 fully saturated rings. The van der Waals surface area contributed by atoms with Crippen LogP contribution in [0.2, 0.25) is 0 Å². The highest BCUT2D eigenvalue weighted by molar-refractivity contribution is 5.79. The molecule has 18 heavy (non-hydrogen) atoms. The molecule has 0 spiro atoms. The van der Waals surface area contributed by atoms with E-state index in [0.29, 0.717) is 19.0 Å². The van der Waals surface area contributed by atoms with E-state index in [0.717, 1.165) is 24.8 Å². The van der Waals surface area contributed by atoms with Gasteiger partial charge in [-0.05, 0) is 43.0 Å². The largest absolute Gasteiger partial charge is 0.352 e. The molecule has 0 saturated heterocycles. The van der Waals surface area contributed by atoms with Crippen molar-refractivity contribution in [3.63, 3.8) is 0 Å². The van der Waals surface area contributed by atoms with Gasteiger partial charge in [-0.15, -0.1) is 0 Å². The van der Waals surface area contributed by atoms with E-state index in [4.69, 9.17) is 5.73 Å². The van der Waals surface area contributed by atoms with Crippen molar-refractivity contribution in [2.45, 2.75) is 25.8 Å². The fraction of sp³-hybridized carbons (Fsp3) is 0.500. The van der Waals surface area contributed by atoms with E-state index in [1.54, 1.807) is 12.1 Å². The van der Waals surface area contributed by atoms with Crippen LogP contribution in [0.5, 0.6) is 0 Å². The quantitative estimate of drug-likeness (QED) is 0.856. The molecule has 0 unspecified atom stereocenters. The Kier molecular flexibility index (Phi) is 4.31. The van der Waals surface area contributed by atoms with E-state index in [-0.39, 0.29) is 17.6 Å². The molecule has 4 heteroatoms. The molecule has 1 amide bonds. The summed E-state index contributed by atoms with van der Waals surface area (Å²) in [4.78, 5) is 12.0. The number of halogens is 1. The number of carbonyl (C=O) groups is 1. The van der Waals surface area contributed by atoms with Gasteiger partial charge in [0.05, 0.1) is 0 Å². The number of rotatable bonds is 4. The highest BCUT2D eigenvalue weighted by Crippen LogP contribution is 2.30. The fourth-order valence-corrected chi connectivity index (χ4v) is 2.59. The van der Waals surface area contributed by atoms with Gasteiger partial charge in [0.25, 0.3) is 0 Å². The maximum absolute atomic E-state index is 12.7. The van der Waals surface area contributed by atoms with Crippen LogP contribution < -0.4 is 11.1 Å². The van der Waals surface area contributed by atoms with Gasteiger partial charge in [0.1, 0.15) is 5.82 Å². The molecule has 2 atom stereocenters. The van der Waals surface area contributed by atoms with Gasteiger partial charge in [0.15, 0.2) is 0 Å². The molecule has 0 heterocycles. The minimum Gasteiger partial charge on any atom is -0.352 e. The van der Waals surface area contributed by atoms with Crippen LogP contribution in [-0.2, 0) is 11.3 Å². The molecule has 0 aliphatic heterocycles. The number of nitrogens with one attached hydrogen (secondary N) is 1. The Morgan fingerprint density at radius 2 is 2.06 bits per heavy atom. The van der Waals surface area contributed by atoms with Crippen molar-refractivity contribution in [2.24, 2.45) is 17.6 Å². The van der Waals surface area contributed by atoms with E-state index < -0.39 is 0 Å². The van der Waals surface area contributed by atoms with Crippen LogP contribution in [0.1, 0.15) is 24.8 Å². The molecule has 1 aliphatic carbocycles. The summed E-state index contributed by atoms with van der Waals surface area (Å²) in [6.45, 7) is 1.03. The molecule has 0 bridgehead atoms. The summed E-state index contributed by atoms with van der Waals surface area (Å²) in [5, 5.41) is 2.91.